The largest absolute Gasteiger partial charge is 0.471 e. The first-order chi connectivity index (χ1) is 17.9. The molecule has 2 saturated carbocycles. The van der Waals surface area contributed by atoms with Crippen molar-refractivity contribution in [1.29, 1.82) is 0 Å². The number of hydrogen-bond acceptors (Lipinski definition) is 6. The number of alkyl halides is 3. The first-order valence-corrected chi connectivity index (χ1v) is 13.2. The third-order valence-corrected chi connectivity index (χ3v) is 7.99. The molecule has 11 nitrogen and oxygen atoms in total. The second-order valence-corrected chi connectivity index (χ2v) is 12.6. The van der Waals surface area contributed by atoms with E-state index in [0.717, 1.165) is 17.9 Å². The van der Waals surface area contributed by atoms with E-state index in [1.807, 2.05) is 5.32 Å². The minimum absolute atomic E-state index is 0.152. The second kappa shape index (κ2) is 9.84. The van der Waals surface area contributed by atoms with E-state index in [1.54, 1.807) is 27.7 Å². The predicted molar refractivity (Wildman–Crippen MR) is 129 cm³/mol. The molecule has 0 radical (unpaired) electrons. The molecule has 2 aliphatic heterocycles. The fourth-order valence-corrected chi connectivity index (χ4v) is 5.19. The number of halogens is 3. The first-order valence-electron chi connectivity index (χ1n) is 13.2. The van der Waals surface area contributed by atoms with Crippen LogP contribution < -0.4 is 16.1 Å². The molecule has 3 N–H and O–H groups in total. The highest BCUT2D eigenvalue weighted by Gasteiger charge is 2.59. The summed E-state index contributed by atoms with van der Waals surface area (Å²) in [4.78, 5) is 65.3. The lowest BCUT2D eigenvalue weighted by Gasteiger charge is -2.33. The highest BCUT2D eigenvalue weighted by Crippen LogP contribution is 2.56. The van der Waals surface area contributed by atoms with Crippen molar-refractivity contribution in [3.05, 3.63) is 0 Å². The summed E-state index contributed by atoms with van der Waals surface area (Å²) in [5.74, 6) is -4.52. The van der Waals surface area contributed by atoms with Crippen molar-refractivity contribution in [2.75, 3.05) is 19.6 Å². The van der Waals surface area contributed by atoms with Crippen LogP contribution in [-0.4, -0.2) is 83.1 Å². The fourth-order valence-electron chi connectivity index (χ4n) is 5.19. The highest BCUT2D eigenvalue weighted by atomic mass is 19.4. The topological polar surface area (TPSA) is 137 Å². The number of carbonyl (C=O) groups is 5. The standard InChI is InChI=1S/C25H36F3N5O6/c1-22(2,3)39-21(38)33(12-14-5-10-29-17(14)34)31-18(35)15-11-24(8-9-24)13-32(15)19(36)16(23(4)6-7-23)30-20(37)25(26,27)28/h14-16H,5-13H2,1-4H3,(H,29,34)(H,30,37)(H,31,35)/t14-,15-,16?/m0/s1. The molecule has 0 aromatic carbocycles. The molecule has 4 fully saturated rings. The van der Waals surface area contributed by atoms with Gasteiger partial charge in [-0.3, -0.25) is 24.6 Å². The molecular formula is C25H36F3N5O6. The Morgan fingerprint density at radius 3 is 2.28 bits per heavy atom. The molecule has 3 atom stereocenters. The Labute approximate surface area is 224 Å². The van der Waals surface area contributed by atoms with Crippen molar-refractivity contribution in [3.8, 4) is 0 Å². The highest BCUT2D eigenvalue weighted by molar-refractivity contribution is 5.95. The number of ether oxygens (including phenoxy) is 1. The average molecular weight is 560 g/mol. The minimum Gasteiger partial charge on any atom is -0.442 e. The van der Waals surface area contributed by atoms with Crippen LogP contribution in [0.1, 0.15) is 66.2 Å². The van der Waals surface area contributed by atoms with Gasteiger partial charge in [-0.25, -0.2) is 9.80 Å². The Kier molecular flexibility index (Phi) is 7.30. The molecule has 5 amide bonds. The molecule has 0 aromatic heterocycles. The molecule has 2 aliphatic carbocycles. The van der Waals surface area contributed by atoms with Crippen molar-refractivity contribution < 1.29 is 41.9 Å². The number of likely N-dealkylation sites (tertiary alicyclic amines) is 1. The van der Waals surface area contributed by atoms with Gasteiger partial charge in [0.15, 0.2) is 0 Å². The number of nitrogens with zero attached hydrogens (tertiary/aromatic N) is 2. The summed E-state index contributed by atoms with van der Waals surface area (Å²) in [7, 11) is 0. The maximum absolute atomic E-state index is 13.7. The van der Waals surface area contributed by atoms with Crippen LogP contribution >= 0.6 is 0 Å². The predicted octanol–water partition coefficient (Wildman–Crippen LogP) is 1.62. The average Bonchev–Trinajstić information content (AvgIpc) is 3.65. The lowest BCUT2D eigenvalue weighted by molar-refractivity contribution is -0.175. The van der Waals surface area contributed by atoms with Crippen LogP contribution in [-0.2, 0) is 23.9 Å². The normalized spacial score (nSPS) is 25.5. The minimum atomic E-state index is -5.16. The van der Waals surface area contributed by atoms with Crippen LogP contribution in [0.5, 0.6) is 0 Å². The van der Waals surface area contributed by atoms with Gasteiger partial charge in [0.05, 0.1) is 12.5 Å². The number of carbonyl (C=O) groups excluding carboxylic acids is 5. The zero-order valence-electron chi connectivity index (χ0n) is 22.6. The van der Waals surface area contributed by atoms with Crippen LogP contribution in [0.3, 0.4) is 0 Å². The summed E-state index contributed by atoms with van der Waals surface area (Å²) in [6, 6.07) is -2.52. The molecule has 218 valence electrons. The smallest absolute Gasteiger partial charge is 0.442 e. The molecule has 14 heteroatoms. The Morgan fingerprint density at radius 1 is 1.15 bits per heavy atom. The van der Waals surface area contributed by atoms with E-state index in [-0.39, 0.29) is 30.8 Å². The summed E-state index contributed by atoms with van der Waals surface area (Å²) >= 11 is 0. The summed E-state index contributed by atoms with van der Waals surface area (Å²) in [6.07, 6.45) is -2.93. The monoisotopic (exact) mass is 559 g/mol. The van der Waals surface area contributed by atoms with Crippen LogP contribution in [0.15, 0.2) is 0 Å². The molecule has 4 aliphatic rings. The van der Waals surface area contributed by atoms with Gasteiger partial charge in [-0.2, -0.15) is 13.2 Å². The lowest BCUT2D eigenvalue weighted by Crippen LogP contribution is -2.60. The maximum atomic E-state index is 13.7. The van der Waals surface area contributed by atoms with Crippen molar-refractivity contribution in [2.24, 2.45) is 16.7 Å². The summed E-state index contributed by atoms with van der Waals surface area (Å²) in [5, 5.41) is 5.46. The van der Waals surface area contributed by atoms with E-state index in [4.69, 9.17) is 4.74 Å². The van der Waals surface area contributed by atoms with Gasteiger partial charge in [-0.1, -0.05) is 6.92 Å². The van der Waals surface area contributed by atoms with Gasteiger partial charge >= 0.3 is 18.2 Å². The van der Waals surface area contributed by atoms with E-state index in [1.165, 1.54) is 4.90 Å². The molecule has 0 bridgehead atoms. The zero-order valence-corrected chi connectivity index (χ0v) is 22.6. The Hall–Kier alpha value is -3.06. The van der Waals surface area contributed by atoms with Gasteiger partial charge in [0, 0.05) is 13.1 Å². The zero-order chi connectivity index (χ0) is 29.0. The first kappa shape index (κ1) is 28.9. The lowest BCUT2D eigenvalue weighted by atomic mass is 9.96. The Morgan fingerprint density at radius 2 is 1.79 bits per heavy atom. The van der Waals surface area contributed by atoms with Gasteiger partial charge < -0.3 is 20.3 Å². The molecule has 2 saturated heterocycles. The molecule has 39 heavy (non-hydrogen) atoms. The maximum Gasteiger partial charge on any atom is 0.471 e. The molecule has 2 heterocycles. The molecule has 1 unspecified atom stereocenters. The third kappa shape index (κ3) is 6.57. The van der Waals surface area contributed by atoms with Gasteiger partial charge in [0.2, 0.25) is 11.8 Å². The van der Waals surface area contributed by atoms with Crippen LogP contribution in [0.2, 0.25) is 0 Å². The van der Waals surface area contributed by atoms with E-state index in [2.05, 4.69) is 10.7 Å². The van der Waals surface area contributed by atoms with Crippen molar-refractivity contribution in [3.63, 3.8) is 0 Å². The molecular weight excluding hydrogens is 523 g/mol. The van der Waals surface area contributed by atoms with Crippen LogP contribution in [0.4, 0.5) is 18.0 Å². The van der Waals surface area contributed by atoms with Crippen molar-refractivity contribution >= 4 is 29.7 Å². The number of hydrogen-bond donors (Lipinski definition) is 3. The van der Waals surface area contributed by atoms with Crippen LogP contribution in [0.25, 0.3) is 0 Å². The number of hydrazine groups is 1. The molecule has 0 aromatic rings. The van der Waals surface area contributed by atoms with Gasteiger partial charge in [-0.05, 0) is 70.1 Å². The molecule has 4 rings (SSSR count). The number of nitrogens with one attached hydrogen (secondary N) is 3. The number of rotatable bonds is 6. The van der Waals surface area contributed by atoms with Gasteiger partial charge in [0.1, 0.15) is 17.7 Å². The summed E-state index contributed by atoms with van der Waals surface area (Å²) in [5.41, 5.74) is 0.441. The Balaban J connectivity index is 1.54. The fraction of sp³-hybridized carbons (Fsp3) is 0.800. The second-order valence-electron chi connectivity index (χ2n) is 12.6. The third-order valence-electron chi connectivity index (χ3n) is 7.99. The van der Waals surface area contributed by atoms with Crippen LogP contribution in [0, 0.1) is 16.7 Å². The van der Waals surface area contributed by atoms with E-state index < -0.39 is 59.0 Å². The quantitative estimate of drug-likeness (QED) is 0.423. The van der Waals surface area contributed by atoms with Gasteiger partial charge in [0.25, 0.3) is 5.91 Å². The summed E-state index contributed by atoms with van der Waals surface area (Å²) < 4.78 is 44.6. The SMILES string of the molecule is CC(C)(C)OC(=O)N(C[C@@H]1CCNC1=O)NC(=O)[C@@H]1CC2(CC2)CN1C(=O)C(NC(=O)C(F)(F)F)C1(C)CC1. The van der Waals surface area contributed by atoms with E-state index in [9.17, 15) is 37.1 Å². The summed E-state index contributed by atoms with van der Waals surface area (Å²) in [6.45, 7) is 7.01. The van der Waals surface area contributed by atoms with Gasteiger partial charge in [-0.15, -0.1) is 0 Å². The Bertz CT molecular complexity index is 1050. The van der Waals surface area contributed by atoms with E-state index in [0.29, 0.717) is 25.8 Å². The van der Waals surface area contributed by atoms with Crippen molar-refractivity contribution in [2.45, 2.75) is 90.1 Å². The number of amides is 5. The van der Waals surface area contributed by atoms with Crippen molar-refractivity contribution in [1.82, 2.24) is 26.0 Å². The van der Waals surface area contributed by atoms with E-state index >= 15 is 0 Å². The molecule has 1 spiro atoms.